The Kier molecular flexibility index (Phi) is 6.83. The Morgan fingerprint density at radius 3 is 2.57 bits per heavy atom. The maximum Gasteiger partial charge on any atom is 0.329 e. The molecule has 35 heavy (non-hydrogen) atoms. The minimum Gasteiger partial charge on any atom is -0.488 e. The Balaban J connectivity index is 1.47. The molecule has 0 spiro atoms. The number of hydrogen-bond donors (Lipinski definition) is 2. The number of nitrogens with one attached hydrogen (secondary N) is 2. The van der Waals surface area contributed by atoms with Crippen molar-refractivity contribution in [1.82, 2.24) is 10.2 Å². The van der Waals surface area contributed by atoms with Crippen LogP contribution in [0.25, 0.3) is 6.08 Å². The van der Waals surface area contributed by atoms with Crippen LogP contribution in [-0.4, -0.2) is 29.3 Å². The van der Waals surface area contributed by atoms with Gasteiger partial charge in [0.1, 0.15) is 30.4 Å². The number of rotatable bonds is 7. The van der Waals surface area contributed by atoms with Crippen LogP contribution in [0.3, 0.4) is 0 Å². The van der Waals surface area contributed by atoms with Crippen molar-refractivity contribution in [2.75, 3.05) is 11.9 Å². The second-order valence-electron chi connectivity index (χ2n) is 7.50. The summed E-state index contributed by atoms with van der Waals surface area (Å²) < 4.78 is 19.6. The number of amides is 4. The highest BCUT2D eigenvalue weighted by Crippen LogP contribution is 2.24. The smallest absolute Gasteiger partial charge is 0.329 e. The average Bonchev–Trinajstić information content (AvgIpc) is 3.12. The van der Waals surface area contributed by atoms with Gasteiger partial charge in [-0.1, -0.05) is 48.5 Å². The molecule has 1 heterocycles. The zero-order valence-corrected chi connectivity index (χ0v) is 18.3. The third-order valence-corrected chi connectivity index (χ3v) is 5.15. The first-order chi connectivity index (χ1) is 17.0. The van der Waals surface area contributed by atoms with E-state index in [0.717, 1.165) is 4.90 Å². The SMILES string of the molecule is N#Cc1ccccc1COc1ccccc1/C=C1/NC(=O)N(CC(=O)Nc2ccccc2F)C1=O. The van der Waals surface area contributed by atoms with Crippen LogP contribution in [0.15, 0.2) is 78.5 Å². The van der Waals surface area contributed by atoms with Gasteiger partial charge in [0.05, 0.1) is 17.3 Å². The number of benzene rings is 3. The largest absolute Gasteiger partial charge is 0.488 e. The molecule has 0 atom stereocenters. The van der Waals surface area contributed by atoms with E-state index in [4.69, 9.17) is 4.74 Å². The number of carbonyl (C=O) groups excluding carboxylic acids is 3. The Morgan fingerprint density at radius 1 is 1.06 bits per heavy atom. The van der Waals surface area contributed by atoms with Crippen LogP contribution >= 0.6 is 0 Å². The predicted octanol–water partition coefficient (Wildman–Crippen LogP) is 3.81. The Labute approximate surface area is 200 Å². The molecule has 0 unspecified atom stereocenters. The summed E-state index contributed by atoms with van der Waals surface area (Å²) in [5, 5.41) is 14.0. The van der Waals surface area contributed by atoms with Crippen molar-refractivity contribution >= 4 is 29.6 Å². The molecule has 0 bridgehead atoms. The summed E-state index contributed by atoms with van der Waals surface area (Å²) in [5.41, 5.74) is 1.62. The molecular formula is C26H19FN4O4. The zero-order valence-electron chi connectivity index (χ0n) is 18.3. The van der Waals surface area contributed by atoms with Gasteiger partial charge in [-0.2, -0.15) is 5.26 Å². The minimum atomic E-state index is -0.772. The molecule has 174 valence electrons. The van der Waals surface area contributed by atoms with Crippen molar-refractivity contribution in [1.29, 1.82) is 5.26 Å². The number of ether oxygens (including phenoxy) is 1. The predicted molar refractivity (Wildman–Crippen MR) is 125 cm³/mol. The van der Waals surface area contributed by atoms with E-state index < -0.39 is 30.2 Å². The van der Waals surface area contributed by atoms with Gasteiger partial charge in [0.15, 0.2) is 0 Å². The summed E-state index contributed by atoms with van der Waals surface area (Å²) >= 11 is 0. The van der Waals surface area contributed by atoms with Crippen molar-refractivity contribution in [2.24, 2.45) is 0 Å². The average molecular weight is 470 g/mol. The van der Waals surface area contributed by atoms with E-state index in [-0.39, 0.29) is 18.0 Å². The van der Waals surface area contributed by atoms with E-state index in [1.165, 1.54) is 24.3 Å². The Hall–Kier alpha value is -4.97. The van der Waals surface area contributed by atoms with E-state index in [1.54, 1.807) is 54.6 Å². The summed E-state index contributed by atoms with van der Waals surface area (Å²) in [4.78, 5) is 38.2. The number of nitrogens with zero attached hydrogens (tertiary/aromatic N) is 2. The van der Waals surface area contributed by atoms with Gasteiger partial charge < -0.3 is 15.4 Å². The van der Waals surface area contributed by atoms with E-state index in [1.807, 2.05) is 0 Å². The van der Waals surface area contributed by atoms with Gasteiger partial charge in [-0.25, -0.2) is 14.1 Å². The highest BCUT2D eigenvalue weighted by atomic mass is 19.1. The highest BCUT2D eigenvalue weighted by Gasteiger charge is 2.35. The lowest BCUT2D eigenvalue weighted by molar-refractivity contribution is -0.127. The fraction of sp³-hybridized carbons (Fsp3) is 0.0769. The van der Waals surface area contributed by atoms with Crippen LogP contribution in [0.2, 0.25) is 0 Å². The third kappa shape index (κ3) is 5.34. The number of anilines is 1. The molecule has 0 aromatic heterocycles. The molecule has 4 amide bonds. The molecule has 0 aliphatic carbocycles. The van der Waals surface area contributed by atoms with Gasteiger partial charge in [0.25, 0.3) is 5.91 Å². The second-order valence-corrected chi connectivity index (χ2v) is 7.50. The van der Waals surface area contributed by atoms with Crippen LogP contribution in [0.1, 0.15) is 16.7 Å². The minimum absolute atomic E-state index is 0.0397. The fourth-order valence-electron chi connectivity index (χ4n) is 3.41. The van der Waals surface area contributed by atoms with Gasteiger partial charge in [-0.15, -0.1) is 0 Å². The van der Waals surface area contributed by atoms with Crippen molar-refractivity contribution in [3.8, 4) is 11.8 Å². The molecule has 9 heteroatoms. The number of imide groups is 1. The molecule has 1 aliphatic heterocycles. The lowest BCUT2D eigenvalue weighted by atomic mass is 10.1. The maximum absolute atomic E-state index is 13.8. The molecule has 2 N–H and O–H groups in total. The molecule has 1 aliphatic rings. The summed E-state index contributed by atoms with van der Waals surface area (Å²) in [6.07, 6.45) is 1.44. The first kappa shape index (κ1) is 23.2. The standard InChI is InChI=1S/C26H19FN4O4/c27-20-10-4-5-11-21(20)29-24(32)15-31-25(33)22(30-26(31)34)13-17-7-3-6-12-23(17)35-16-19-9-2-1-8-18(19)14-28/h1-13H,15-16H2,(H,29,32)(H,30,34)/b22-13+. The quantitative estimate of drug-likeness (QED) is 0.403. The van der Waals surface area contributed by atoms with Gasteiger partial charge in [0.2, 0.25) is 5.91 Å². The maximum atomic E-state index is 13.8. The topological polar surface area (TPSA) is 112 Å². The van der Waals surface area contributed by atoms with Gasteiger partial charge >= 0.3 is 6.03 Å². The Morgan fingerprint density at radius 2 is 1.77 bits per heavy atom. The van der Waals surface area contributed by atoms with E-state index >= 15 is 0 Å². The normalized spacial score (nSPS) is 13.9. The molecule has 4 rings (SSSR count). The lowest BCUT2D eigenvalue weighted by Gasteiger charge is -2.12. The third-order valence-electron chi connectivity index (χ3n) is 5.15. The lowest BCUT2D eigenvalue weighted by Crippen LogP contribution is -2.38. The molecule has 0 radical (unpaired) electrons. The monoisotopic (exact) mass is 470 g/mol. The molecule has 0 saturated carbocycles. The van der Waals surface area contributed by atoms with Crippen LogP contribution in [0.5, 0.6) is 5.75 Å². The molecule has 1 saturated heterocycles. The van der Waals surface area contributed by atoms with E-state index in [0.29, 0.717) is 22.4 Å². The van der Waals surface area contributed by atoms with Gasteiger partial charge in [-0.3, -0.25) is 9.59 Å². The number of halogens is 1. The fourth-order valence-corrected chi connectivity index (χ4v) is 3.41. The highest BCUT2D eigenvalue weighted by molar-refractivity contribution is 6.16. The van der Waals surface area contributed by atoms with Crippen molar-refractivity contribution < 1.29 is 23.5 Å². The number of nitriles is 1. The van der Waals surface area contributed by atoms with Crippen molar-refractivity contribution in [2.45, 2.75) is 6.61 Å². The van der Waals surface area contributed by atoms with Crippen molar-refractivity contribution in [3.05, 3.63) is 101 Å². The summed E-state index contributed by atoms with van der Waals surface area (Å²) in [6.45, 7) is -0.452. The molecule has 1 fully saturated rings. The van der Waals surface area contributed by atoms with Crippen LogP contribution in [0.4, 0.5) is 14.9 Å². The van der Waals surface area contributed by atoms with Crippen LogP contribution in [0, 0.1) is 17.1 Å². The Bertz CT molecular complexity index is 1380. The zero-order chi connectivity index (χ0) is 24.8. The van der Waals surface area contributed by atoms with Crippen LogP contribution in [-0.2, 0) is 16.2 Å². The van der Waals surface area contributed by atoms with Gasteiger partial charge in [-0.05, 0) is 30.3 Å². The molecular weight excluding hydrogens is 451 g/mol. The summed E-state index contributed by atoms with van der Waals surface area (Å²) in [6, 6.07) is 20.8. The van der Waals surface area contributed by atoms with E-state index in [9.17, 15) is 24.0 Å². The summed E-state index contributed by atoms with van der Waals surface area (Å²) in [7, 11) is 0. The molecule has 3 aromatic carbocycles. The van der Waals surface area contributed by atoms with E-state index in [2.05, 4.69) is 16.7 Å². The first-order valence-corrected chi connectivity index (χ1v) is 10.5. The summed E-state index contributed by atoms with van der Waals surface area (Å²) in [5.74, 6) is -1.62. The van der Waals surface area contributed by atoms with Crippen molar-refractivity contribution in [3.63, 3.8) is 0 Å². The molecule has 8 nitrogen and oxygen atoms in total. The number of urea groups is 1. The second kappa shape index (κ2) is 10.3. The number of carbonyl (C=O) groups is 3. The molecule has 3 aromatic rings. The first-order valence-electron chi connectivity index (χ1n) is 10.5. The van der Waals surface area contributed by atoms with Crippen LogP contribution < -0.4 is 15.4 Å². The number of para-hydroxylation sites is 2. The van der Waals surface area contributed by atoms with Gasteiger partial charge in [0, 0.05) is 11.1 Å². The number of hydrogen-bond acceptors (Lipinski definition) is 5.